The number of benzene rings is 2. The molecule has 0 aliphatic carbocycles. The molecule has 1 unspecified atom stereocenters. The van der Waals surface area contributed by atoms with Crippen LogP contribution in [0, 0.1) is 0 Å². The first kappa shape index (κ1) is 13.8. The average Bonchev–Trinajstić information content (AvgIpc) is 2.96. The molecular weight excluding hydrogens is 290 g/mol. The van der Waals surface area contributed by atoms with Gasteiger partial charge in [-0.05, 0) is 36.4 Å². The summed E-state index contributed by atoms with van der Waals surface area (Å²) in [5.74, 6) is 0.982. The second kappa shape index (κ2) is 5.75. The van der Waals surface area contributed by atoms with Crippen LogP contribution in [0.25, 0.3) is 10.8 Å². The van der Waals surface area contributed by atoms with Gasteiger partial charge in [0.2, 0.25) is 0 Å². The fraction of sp³-hybridized carbons (Fsp3) is 0.263. The Labute approximate surface area is 135 Å². The first-order chi connectivity index (χ1) is 10.8. The van der Waals surface area contributed by atoms with Crippen molar-refractivity contribution in [2.24, 2.45) is 0 Å². The van der Waals surface area contributed by atoms with Crippen LogP contribution in [0.2, 0.25) is 0 Å². The van der Waals surface area contributed by atoms with Gasteiger partial charge in [0, 0.05) is 28.9 Å². The molecule has 3 aromatic rings. The zero-order valence-electron chi connectivity index (χ0n) is 12.7. The van der Waals surface area contributed by atoms with Crippen molar-refractivity contribution >= 4 is 22.1 Å². The largest absolute Gasteiger partial charge is 0.484 e. The third-order valence-corrected chi connectivity index (χ3v) is 5.34. The highest BCUT2D eigenvalue weighted by Crippen LogP contribution is 2.34. The van der Waals surface area contributed by atoms with E-state index < -0.39 is 0 Å². The monoisotopic (exact) mass is 309 g/mol. The Kier molecular flexibility index (Phi) is 3.60. The lowest BCUT2D eigenvalue weighted by molar-refractivity contribution is 0.158. The molecule has 2 nitrogen and oxygen atoms in total. The van der Waals surface area contributed by atoms with Crippen molar-refractivity contribution in [1.82, 2.24) is 4.90 Å². The lowest BCUT2D eigenvalue weighted by atomic mass is 10.1. The van der Waals surface area contributed by atoms with E-state index in [1.54, 1.807) is 0 Å². The Morgan fingerprint density at radius 3 is 2.91 bits per heavy atom. The van der Waals surface area contributed by atoms with Crippen LogP contribution < -0.4 is 4.74 Å². The summed E-state index contributed by atoms with van der Waals surface area (Å²) in [6.45, 7) is 2.04. The van der Waals surface area contributed by atoms with Crippen LogP contribution in [0.3, 0.4) is 0 Å². The van der Waals surface area contributed by atoms with Crippen molar-refractivity contribution in [3.05, 3.63) is 64.4 Å². The van der Waals surface area contributed by atoms with E-state index in [1.165, 1.54) is 21.2 Å². The lowest BCUT2D eigenvalue weighted by Gasteiger charge is -2.23. The van der Waals surface area contributed by atoms with E-state index in [9.17, 15) is 0 Å². The average molecular weight is 309 g/mol. The highest BCUT2D eigenvalue weighted by molar-refractivity contribution is 7.10. The first-order valence-electron chi connectivity index (χ1n) is 7.70. The molecule has 3 heteroatoms. The number of nitrogens with zero attached hydrogens (tertiary/aromatic N) is 1. The standard InChI is InChI=1S/C19H19NOS/c1-20-11-9-19-16(10-12-22-19)18(13-20)21-17-8-4-6-14-5-2-3-7-15(14)17/h2-8,10,12,18H,9,11,13H2,1H3. The zero-order chi connectivity index (χ0) is 14.9. The second-order valence-corrected chi connectivity index (χ2v) is 6.90. The molecule has 1 atom stereocenters. The van der Waals surface area contributed by atoms with Crippen LogP contribution >= 0.6 is 11.3 Å². The number of fused-ring (bicyclic) bond motifs is 2. The van der Waals surface area contributed by atoms with Crippen LogP contribution in [0.5, 0.6) is 5.75 Å². The number of ether oxygens (including phenoxy) is 1. The van der Waals surface area contributed by atoms with Gasteiger partial charge >= 0.3 is 0 Å². The fourth-order valence-electron chi connectivity index (χ4n) is 3.16. The molecule has 2 heterocycles. The number of likely N-dealkylation sites (N-methyl/N-ethyl adjacent to an activating group) is 1. The maximum absolute atomic E-state index is 6.47. The fourth-order valence-corrected chi connectivity index (χ4v) is 4.08. The molecule has 1 aromatic heterocycles. The predicted molar refractivity (Wildman–Crippen MR) is 92.8 cm³/mol. The van der Waals surface area contributed by atoms with Gasteiger partial charge in [-0.15, -0.1) is 11.3 Å². The van der Waals surface area contributed by atoms with E-state index in [-0.39, 0.29) is 6.10 Å². The molecule has 1 aliphatic heterocycles. The quantitative estimate of drug-likeness (QED) is 0.690. The highest BCUT2D eigenvalue weighted by Gasteiger charge is 2.24. The number of hydrogen-bond acceptors (Lipinski definition) is 3. The van der Waals surface area contributed by atoms with E-state index in [0.29, 0.717) is 0 Å². The van der Waals surface area contributed by atoms with Crippen LogP contribution in [-0.4, -0.2) is 25.0 Å². The maximum atomic E-state index is 6.47. The van der Waals surface area contributed by atoms with Gasteiger partial charge in [0.15, 0.2) is 0 Å². The van der Waals surface area contributed by atoms with Crippen molar-refractivity contribution < 1.29 is 4.74 Å². The van der Waals surface area contributed by atoms with Crippen molar-refractivity contribution in [1.29, 1.82) is 0 Å². The van der Waals surface area contributed by atoms with Crippen molar-refractivity contribution in [2.75, 3.05) is 20.1 Å². The van der Waals surface area contributed by atoms with Gasteiger partial charge in [-0.1, -0.05) is 36.4 Å². The lowest BCUT2D eigenvalue weighted by Crippen LogP contribution is -2.26. The molecule has 0 N–H and O–H groups in total. The minimum Gasteiger partial charge on any atom is -0.484 e. The van der Waals surface area contributed by atoms with Gasteiger partial charge in [0.1, 0.15) is 11.9 Å². The Hall–Kier alpha value is -1.84. The number of rotatable bonds is 2. The maximum Gasteiger partial charge on any atom is 0.137 e. The Morgan fingerprint density at radius 1 is 1.09 bits per heavy atom. The minimum atomic E-state index is 0.111. The smallest absolute Gasteiger partial charge is 0.137 e. The molecule has 0 amide bonds. The van der Waals surface area contributed by atoms with E-state index in [4.69, 9.17) is 4.74 Å². The van der Waals surface area contributed by atoms with Gasteiger partial charge in [-0.2, -0.15) is 0 Å². The Morgan fingerprint density at radius 2 is 1.95 bits per heavy atom. The molecule has 0 spiro atoms. The second-order valence-electron chi connectivity index (χ2n) is 5.90. The molecule has 22 heavy (non-hydrogen) atoms. The SMILES string of the molecule is CN1CCc2sccc2C(Oc2cccc3ccccc23)C1. The van der Waals surface area contributed by atoms with E-state index in [0.717, 1.165) is 25.3 Å². The van der Waals surface area contributed by atoms with Gasteiger partial charge in [0.05, 0.1) is 0 Å². The third-order valence-electron chi connectivity index (χ3n) is 4.34. The summed E-state index contributed by atoms with van der Waals surface area (Å²) in [5, 5.41) is 4.61. The summed E-state index contributed by atoms with van der Waals surface area (Å²) in [6.07, 6.45) is 1.23. The van der Waals surface area contributed by atoms with Gasteiger partial charge in [-0.3, -0.25) is 0 Å². The summed E-state index contributed by atoms with van der Waals surface area (Å²) in [7, 11) is 2.18. The van der Waals surface area contributed by atoms with Gasteiger partial charge in [-0.25, -0.2) is 0 Å². The van der Waals surface area contributed by atoms with Crippen molar-refractivity contribution in [2.45, 2.75) is 12.5 Å². The Bertz CT molecular complexity index is 789. The molecular formula is C19H19NOS. The molecule has 0 fully saturated rings. The van der Waals surface area contributed by atoms with Crippen LogP contribution in [0.1, 0.15) is 16.5 Å². The Balaban J connectivity index is 1.73. The summed E-state index contributed by atoms with van der Waals surface area (Å²) >= 11 is 1.85. The molecule has 2 aromatic carbocycles. The molecule has 1 aliphatic rings. The van der Waals surface area contributed by atoms with Crippen LogP contribution in [0.15, 0.2) is 53.9 Å². The molecule has 0 bridgehead atoms. The normalized spacial score (nSPS) is 18.9. The van der Waals surface area contributed by atoms with E-state index >= 15 is 0 Å². The van der Waals surface area contributed by atoms with Gasteiger partial charge < -0.3 is 9.64 Å². The van der Waals surface area contributed by atoms with E-state index in [1.807, 2.05) is 11.3 Å². The van der Waals surface area contributed by atoms with Crippen LogP contribution in [0.4, 0.5) is 0 Å². The topological polar surface area (TPSA) is 12.5 Å². The summed E-state index contributed by atoms with van der Waals surface area (Å²) in [5.41, 5.74) is 1.36. The summed E-state index contributed by atoms with van der Waals surface area (Å²) in [6, 6.07) is 16.9. The molecule has 0 radical (unpaired) electrons. The predicted octanol–water partition coefficient (Wildman–Crippen LogP) is 4.51. The summed E-state index contributed by atoms with van der Waals surface area (Å²) in [4.78, 5) is 3.83. The molecule has 0 saturated heterocycles. The first-order valence-corrected chi connectivity index (χ1v) is 8.58. The summed E-state index contributed by atoms with van der Waals surface area (Å²) < 4.78 is 6.47. The van der Waals surface area contributed by atoms with Crippen molar-refractivity contribution in [3.63, 3.8) is 0 Å². The zero-order valence-corrected chi connectivity index (χ0v) is 13.5. The highest BCUT2D eigenvalue weighted by atomic mass is 32.1. The number of hydrogen-bond donors (Lipinski definition) is 0. The van der Waals surface area contributed by atoms with Crippen LogP contribution in [-0.2, 0) is 6.42 Å². The molecule has 0 saturated carbocycles. The number of thiophene rings is 1. The molecule has 112 valence electrons. The minimum absolute atomic E-state index is 0.111. The van der Waals surface area contributed by atoms with E-state index in [2.05, 4.69) is 65.9 Å². The third kappa shape index (κ3) is 2.51. The molecule has 4 rings (SSSR count). The van der Waals surface area contributed by atoms with Gasteiger partial charge in [0.25, 0.3) is 0 Å². The van der Waals surface area contributed by atoms with Crippen molar-refractivity contribution in [3.8, 4) is 5.75 Å².